The Morgan fingerprint density at radius 2 is 1.03 bits per heavy atom. The van der Waals surface area contributed by atoms with Crippen LogP contribution >= 0.6 is 0 Å². The standard InChI is InChI=1S/C43H65FN6O10.C35H58FN5O10.C8H7N/c1-12-32-43(8)35(50(40(55)60-43)19-14-13-18-49-23-30(46-47-49)28-16-15-17-29(45)21-28)26(4)33(51)24(2)22-41(6,56-11)37(27(5)36(53)42(7,44)39(54)58-32)59-38-34(52)31(48(9)10)20-25(3)57-38;1-12-24-35(8)27(41(32(46)51-35)16-14-13-15-38-39-37)21(4)25(42)19(2)18-33(6,47-11)29(22(5)28(44)34(7,36)31(45)49-24)50-30-26(43)23(40(9)10)17-20(3)48-30;1-2-7-4-3-5-8(9)6-7/h15-17,21,23-27,31-32,34-35,37-38,52H,12-14,18-20,22,45H2,1-11H3;19-24,26-27,29-30,43H,12-18H2,1-11H3;1,3-6H,9H2/t24-,25?,26+,27+,31?,32-,34?,35-,37-,38?,41+,42+,43-;19-,20?,21+,22+,23?,24-,26?,27-,29-,30?,33+,34+,35-;/m11./s1. The zero-order valence-electron chi connectivity index (χ0n) is 73.8. The van der Waals surface area contributed by atoms with E-state index in [-0.39, 0.29) is 81.2 Å². The summed E-state index contributed by atoms with van der Waals surface area (Å²) < 4.78 is 96.0. The fourth-order valence-electron chi connectivity index (χ4n) is 18.4. The van der Waals surface area contributed by atoms with Gasteiger partial charge in [-0.05, 0) is 184 Å². The highest BCUT2D eigenvalue weighted by Crippen LogP contribution is 2.47. The number of unbranched alkanes of at least 4 members (excludes halogenated alkanes) is 2. The Morgan fingerprint density at radius 1 is 0.625 bits per heavy atom. The number of rotatable bonds is 21. The lowest BCUT2D eigenvalue weighted by molar-refractivity contribution is -0.295. The second-order valence-electron chi connectivity index (χ2n) is 34.8. The van der Waals surface area contributed by atoms with Gasteiger partial charge in [-0.2, -0.15) is 0 Å². The van der Waals surface area contributed by atoms with E-state index in [0.29, 0.717) is 62.1 Å². The number of aryl methyl sites for hydroxylation is 1. The van der Waals surface area contributed by atoms with Crippen molar-refractivity contribution in [3.05, 3.63) is 70.7 Å². The van der Waals surface area contributed by atoms with Crippen LogP contribution in [0.4, 0.5) is 29.7 Å². The quantitative estimate of drug-likeness (QED) is 0.00886. The van der Waals surface area contributed by atoms with Gasteiger partial charge in [0.2, 0.25) is 0 Å². The van der Waals surface area contributed by atoms with E-state index in [1.54, 1.807) is 92.1 Å². The van der Waals surface area contributed by atoms with Crippen LogP contribution in [-0.2, 0) is 82.7 Å². The largest absolute Gasteiger partial charge is 0.455 e. The molecular formula is C86H130F2N12O20. The molecule has 0 aliphatic carbocycles. The maximum Gasteiger partial charge on any atom is 0.410 e. The van der Waals surface area contributed by atoms with Crippen molar-refractivity contribution in [3.8, 4) is 23.6 Å². The number of hydrogen-bond donors (Lipinski definition) is 4. The Balaban J connectivity index is 0.000000302. The van der Waals surface area contributed by atoms with Gasteiger partial charge in [0.1, 0.15) is 41.7 Å². The number of nitrogen functional groups attached to an aromatic ring is 2. The van der Waals surface area contributed by atoms with E-state index in [2.05, 4.69) is 26.3 Å². The summed E-state index contributed by atoms with van der Waals surface area (Å²) in [5, 5.41) is 34.8. The van der Waals surface area contributed by atoms with Gasteiger partial charge in [-0.3, -0.25) is 23.9 Å². The summed E-state index contributed by atoms with van der Waals surface area (Å²) in [6, 6.07) is 12.0. The molecule has 7 heterocycles. The number of aliphatic hydroxyl groups excluding tert-OH is 2. The van der Waals surface area contributed by atoms with Crippen LogP contribution in [-0.4, -0.2) is 273 Å². The minimum Gasteiger partial charge on any atom is -0.455 e. The number of hydrogen-bond acceptors (Lipinski definition) is 27. The number of nitrogens with zero attached hydrogens (tertiary/aromatic N) is 10. The Hall–Kier alpha value is -8.33. The number of esters is 2. The number of cyclic esters (lactones) is 2. The van der Waals surface area contributed by atoms with E-state index >= 15 is 8.78 Å². The smallest absolute Gasteiger partial charge is 0.410 e. The van der Waals surface area contributed by atoms with Gasteiger partial charge in [0, 0.05) is 115 Å². The molecule has 0 saturated carbocycles. The molecule has 6 saturated heterocycles. The summed E-state index contributed by atoms with van der Waals surface area (Å²) in [5.74, 6) is -9.24. The molecule has 6 N–H and O–H groups in total. The Kier molecular flexibility index (Phi) is 33.9. The average Bonchev–Trinajstić information content (AvgIpc) is 1.53. The number of alkyl halides is 2. The molecule has 26 atom stereocenters. The summed E-state index contributed by atoms with van der Waals surface area (Å²) in [5.41, 5.74) is 11.2. The van der Waals surface area contributed by atoms with Crippen LogP contribution in [0, 0.1) is 47.9 Å². The van der Waals surface area contributed by atoms with Gasteiger partial charge in [0.05, 0.1) is 53.9 Å². The molecule has 0 bridgehead atoms. The van der Waals surface area contributed by atoms with Crippen LogP contribution in [0.25, 0.3) is 21.7 Å². The van der Waals surface area contributed by atoms with Gasteiger partial charge in [-0.1, -0.05) is 89.8 Å². The lowest BCUT2D eigenvalue weighted by atomic mass is 9.73. The molecule has 0 radical (unpaired) electrons. The van der Waals surface area contributed by atoms with Crippen molar-refractivity contribution in [3.63, 3.8) is 0 Å². The van der Waals surface area contributed by atoms with E-state index < -0.39 is 166 Å². The lowest BCUT2D eigenvalue weighted by Crippen LogP contribution is -2.61. The maximum absolute atomic E-state index is 16.9. The molecule has 6 aliphatic rings. The topological polar surface area (TPSA) is 414 Å². The molecule has 668 valence electrons. The number of halogens is 2. The first-order valence-electron chi connectivity index (χ1n) is 41.6. The number of benzene rings is 2. The second kappa shape index (κ2) is 41.2. The van der Waals surface area contributed by atoms with Crippen molar-refractivity contribution >= 4 is 58.6 Å². The number of anilines is 2. The zero-order valence-corrected chi connectivity index (χ0v) is 73.8. The molecule has 120 heavy (non-hydrogen) atoms. The number of azide groups is 1. The summed E-state index contributed by atoms with van der Waals surface area (Å²) in [4.78, 5) is 122. The number of ketones is 4. The average molecular weight is 1690 g/mol. The van der Waals surface area contributed by atoms with Gasteiger partial charge < -0.3 is 88.6 Å². The summed E-state index contributed by atoms with van der Waals surface area (Å²) in [6.07, 6.45) is -2.05. The summed E-state index contributed by atoms with van der Waals surface area (Å²) in [6.45, 7) is 25.8. The first-order chi connectivity index (χ1) is 56.1. The van der Waals surface area contributed by atoms with Crippen molar-refractivity contribution in [2.24, 2.45) is 40.6 Å². The van der Waals surface area contributed by atoms with Gasteiger partial charge in [0.15, 0.2) is 35.3 Å². The van der Waals surface area contributed by atoms with E-state index in [0.717, 1.165) is 25.0 Å². The third-order valence-corrected chi connectivity index (χ3v) is 25.1. The van der Waals surface area contributed by atoms with E-state index in [9.17, 15) is 48.6 Å². The number of fused-ring (bicyclic) bond motifs is 2. The number of ether oxygens (including phenoxy) is 10. The number of aromatic nitrogens is 3. The van der Waals surface area contributed by atoms with Crippen molar-refractivity contribution in [2.45, 2.75) is 301 Å². The second-order valence-corrected chi connectivity index (χ2v) is 34.8. The van der Waals surface area contributed by atoms with Gasteiger partial charge in [-0.15, -0.1) is 11.5 Å². The molecule has 9 rings (SSSR count). The van der Waals surface area contributed by atoms with Gasteiger partial charge >= 0.3 is 24.1 Å². The number of methoxy groups -OCH3 is 2. The maximum atomic E-state index is 16.9. The molecule has 8 unspecified atom stereocenters. The fraction of sp³-hybridized carbons (Fsp3) is 0.721. The number of Topliss-reactive ketones (excluding diaryl/α,β-unsaturated/α-hetero) is 4. The zero-order chi connectivity index (χ0) is 89.8. The predicted octanol–water partition coefficient (Wildman–Crippen LogP) is 10.2. The number of amides is 2. The molecule has 6 fully saturated rings. The molecule has 32 nitrogen and oxygen atoms in total. The Labute approximate surface area is 704 Å². The SMILES string of the molecule is C#Cc1cccc(N)c1.CC[C@H]1OC(=O)[C@@](C)(F)C(=O)[C@H](C)[C@@H](OC2OC(C)CC(N(C)C)C2O)[C@@](C)(OC)C[C@@H](C)C(=O)[C@H](C)[C@H]2N(CCCCN=[N+]=[N-])C(=O)O[C@]12C.CC[C@H]1OC(=O)[C@@](C)(F)C(=O)[C@H](C)[C@@H](OC2OC(C)CC(N(C)C)C2O)[C@@](C)(OC)C[C@@H](C)C(=O)[C@H](C)[C@H]2N(CCCCn3cc(-c4cccc(N)c4)nn3)C(=O)O[C@]12C. The molecule has 1 aromatic heterocycles. The van der Waals surface area contributed by atoms with E-state index in [1.165, 1.54) is 37.9 Å². The van der Waals surface area contributed by atoms with Crippen LogP contribution in [0.5, 0.6) is 0 Å². The van der Waals surface area contributed by atoms with E-state index in [1.807, 2.05) is 88.4 Å². The summed E-state index contributed by atoms with van der Waals surface area (Å²) >= 11 is 0. The summed E-state index contributed by atoms with van der Waals surface area (Å²) in [7, 11) is 10.0. The molecular weight excluding hydrogens is 1560 g/mol. The van der Waals surface area contributed by atoms with Crippen LogP contribution in [0.2, 0.25) is 0 Å². The number of terminal acetylenes is 1. The third-order valence-electron chi connectivity index (χ3n) is 25.1. The molecule has 6 aliphatic heterocycles. The number of likely N-dealkylation sites (N-methyl/N-ethyl adjacent to an activating group) is 2. The Bertz CT molecular complexity index is 4140. The van der Waals surface area contributed by atoms with Crippen molar-refractivity contribution in [1.82, 2.24) is 34.6 Å². The molecule has 0 spiro atoms. The fourth-order valence-corrected chi connectivity index (χ4v) is 18.4. The Morgan fingerprint density at radius 3 is 1.41 bits per heavy atom. The van der Waals surface area contributed by atoms with Crippen molar-refractivity contribution < 1.29 is 105 Å². The minimum absolute atomic E-state index is 0.0111. The first-order valence-corrected chi connectivity index (χ1v) is 41.6. The van der Waals surface area contributed by atoms with Crippen molar-refractivity contribution in [2.75, 3.05) is 73.5 Å². The molecule has 3 aromatic rings. The molecule has 2 amide bonds. The van der Waals surface area contributed by atoms with Crippen LogP contribution < -0.4 is 11.5 Å². The monoisotopic (exact) mass is 1690 g/mol. The number of carbonyl (C=O) groups is 8. The third kappa shape index (κ3) is 22.0. The molecule has 2 aromatic carbocycles. The van der Waals surface area contributed by atoms with Crippen LogP contribution in [0.1, 0.15) is 181 Å². The van der Waals surface area contributed by atoms with E-state index in [4.69, 9.17) is 70.8 Å². The predicted molar refractivity (Wildman–Crippen MR) is 441 cm³/mol. The lowest BCUT2D eigenvalue weighted by Gasteiger charge is -2.47. The highest BCUT2D eigenvalue weighted by Gasteiger charge is 2.65. The van der Waals surface area contributed by atoms with Crippen molar-refractivity contribution in [1.29, 1.82) is 0 Å². The number of aliphatic hydroxyl groups is 2. The number of carbonyl (C=O) groups excluding carboxylic acids is 8. The van der Waals surface area contributed by atoms with Gasteiger partial charge in [0.25, 0.3) is 11.3 Å². The normalized spacial score (nSPS) is 36.8. The minimum atomic E-state index is -3.19. The van der Waals surface area contributed by atoms with Gasteiger partial charge in [-0.25, -0.2) is 28.0 Å². The first kappa shape index (κ1) is 98.8. The van der Waals surface area contributed by atoms with Crippen LogP contribution in [0.3, 0.4) is 0 Å². The number of nitrogens with two attached hydrogens (primary N) is 2. The molecule has 34 heteroatoms. The highest BCUT2D eigenvalue weighted by molar-refractivity contribution is 6.08. The highest BCUT2D eigenvalue weighted by atomic mass is 19.1. The van der Waals surface area contributed by atoms with Crippen LogP contribution in [0.15, 0.2) is 59.8 Å².